The zero-order valence-corrected chi connectivity index (χ0v) is 10.6. The van der Waals surface area contributed by atoms with E-state index < -0.39 is 0 Å². The van der Waals surface area contributed by atoms with Crippen molar-refractivity contribution in [3.8, 4) is 0 Å². The third-order valence-corrected chi connectivity index (χ3v) is 2.90. The summed E-state index contributed by atoms with van der Waals surface area (Å²) in [5.41, 5.74) is 0. The molecule has 0 radical (unpaired) electrons. The molecular weight excluding hydrogens is 224 g/mol. The largest absolute Gasteiger partial charge is 0.465 e. The number of carbonyl (C=O) groups is 1. The summed E-state index contributed by atoms with van der Waals surface area (Å²) < 4.78 is 4.79. The molecule has 4 nitrogen and oxygen atoms in total. The van der Waals surface area contributed by atoms with Crippen molar-refractivity contribution in [2.24, 2.45) is 0 Å². The number of hydrogen-bond donors (Lipinski definition) is 2. The maximum atomic E-state index is 11.1. The number of hydrogen-bond acceptors (Lipinski definition) is 3. The van der Waals surface area contributed by atoms with Gasteiger partial charge in [-0.3, -0.25) is 4.79 Å². The molecule has 0 unspecified atom stereocenters. The van der Waals surface area contributed by atoms with E-state index in [1.165, 1.54) is 32.1 Å². The summed E-state index contributed by atoms with van der Waals surface area (Å²) in [5.74, 6) is -0.268. The van der Waals surface area contributed by atoms with Crippen LogP contribution in [-0.4, -0.2) is 30.3 Å². The summed E-state index contributed by atoms with van der Waals surface area (Å²) in [5, 5.41) is 6.64. The van der Waals surface area contributed by atoms with Crippen molar-refractivity contribution in [3.05, 3.63) is 0 Å². The molecule has 0 amide bonds. The summed E-state index contributed by atoms with van der Waals surface area (Å²) in [6.45, 7) is 2.34. The normalized spacial score (nSPS) is 16.6. The molecular formula is C11H20N2O2S. The first-order valence-corrected chi connectivity index (χ1v) is 6.33. The highest BCUT2D eigenvalue weighted by Gasteiger charge is 2.14. The van der Waals surface area contributed by atoms with Crippen molar-refractivity contribution < 1.29 is 9.53 Å². The lowest BCUT2D eigenvalue weighted by molar-refractivity contribution is -0.141. The van der Waals surface area contributed by atoms with Gasteiger partial charge in [-0.05, 0) is 32.0 Å². The van der Waals surface area contributed by atoms with Crippen LogP contribution in [0.3, 0.4) is 0 Å². The minimum Gasteiger partial charge on any atom is -0.465 e. The fraction of sp³-hybridized carbons (Fsp3) is 0.818. The molecule has 0 saturated heterocycles. The van der Waals surface area contributed by atoms with Crippen LogP contribution >= 0.6 is 12.2 Å². The van der Waals surface area contributed by atoms with Gasteiger partial charge >= 0.3 is 5.97 Å². The van der Waals surface area contributed by atoms with Crippen LogP contribution in [0.15, 0.2) is 0 Å². The Balaban J connectivity index is 2.12. The summed E-state index contributed by atoms with van der Waals surface area (Å²) in [6.07, 6.45) is 6.18. The lowest BCUT2D eigenvalue weighted by Gasteiger charge is -2.24. The number of carbonyl (C=O) groups excluding carboxylic acids is 1. The van der Waals surface area contributed by atoms with E-state index in [1.807, 2.05) is 0 Å². The molecule has 5 heteroatoms. The molecule has 1 rings (SSSR count). The van der Waals surface area contributed by atoms with Gasteiger partial charge in [0.2, 0.25) is 0 Å². The quantitative estimate of drug-likeness (QED) is 0.577. The van der Waals surface area contributed by atoms with Gasteiger partial charge in [-0.15, -0.1) is 0 Å². The Kier molecular flexibility index (Phi) is 6.15. The van der Waals surface area contributed by atoms with Gasteiger partial charge in [0, 0.05) is 6.04 Å². The van der Waals surface area contributed by atoms with E-state index >= 15 is 0 Å². The zero-order chi connectivity index (χ0) is 11.8. The van der Waals surface area contributed by atoms with Crippen molar-refractivity contribution >= 4 is 23.3 Å². The molecule has 0 aromatic rings. The second-order valence-corrected chi connectivity index (χ2v) is 4.38. The van der Waals surface area contributed by atoms with Crippen molar-refractivity contribution in [1.29, 1.82) is 0 Å². The van der Waals surface area contributed by atoms with Crippen LogP contribution in [0.5, 0.6) is 0 Å². The van der Waals surface area contributed by atoms with Crippen LogP contribution in [-0.2, 0) is 9.53 Å². The zero-order valence-electron chi connectivity index (χ0n) is 9.75. The predicted molar refractivity (Wildman–Crippen MR) is 67.2 cm³/mol. The molecule has 0 heterocycles. The maximum Gasteiger partial charge on any atom is 0.325 e. The van der Waals surface area contributed by atoms with E-state index in [4.69, 9.17) is 17.0 Å². The summed E-state index contributed by atoms with van der Waals surface area (Å²) in [7, 11) is 0. The average Bonchev–Trinajstić information content (AvgIpc) is 2.28. The van der Waals surface area contributed by atoms with Gasteiger partial charge in [0.15, 0.2) is 5.11 Å². The maximum absolute atomic E-state index is 11.1. The van der Waals surface area contributed by atoms with E-state index in [0.29, 0.717) is 17.8 Å². The van der Waals surface area contributed by atoms with Crippen LogP contribution < -0.4 is 10.6 Å². The van der Waals surface area contributed by atoms with Crippen LogP contribution in [0, 0.1) is 0 Å². The summed E-state index contributed by atoms with van der Waals surface area (Å²) in [4.78, 5) is 11.1. The van der Waals surface area contributed by atoms with Crippen molar-refractivity contribution in [1.82, 2.24) is 10.6 Å². The van der Waals surface area contributed by atoms with Crippen LogP contribution in [0.2, 0.25) is 0 Å². The Hall–Kier alpha value is -0.840. The van der Waals surface area contributed by atoms with Gasteiger partial charge in [-0.25, -0.2) is 0 Å². The third kappa shape index (κ3) is 5.30. The van der Waals surface area contributed by atoms with Crippen LogP contribution in [0.4, 0.5) is 0 Å². The first-order chi connectivity index (χ1) is 7.72. The molecule has 0 aromatic heterocycles. The summed E-state index contributed by atoms with van der Waals surface area (Å²) in [6, 6.07) is 0.468. The molecule has 1 fully saturated rings. The molecule has 1 aliphatic rings. The molecule has 0 spiro atoms. The SMILES string of the molecule is CCOC(=O)CNC(=S)NC1CCCCC1. The second-order valence-electron chi connectivity index (χ2n) is 3.97. The fourth-order valence-corrected chi connectivity index (χ4v) is 2.09. The van der Waals surface area contributed by atoms with E-state index in [2.05, 4.69) is 10.6 Å². The monoisotopic (exact) mass is 244 g/mol. The van der Waals surface area contributed by atoms with E-state index in [9.17, 15) is 4.79 Å². The number of thiocarbonyl (C=S) groups is 1. The topological polar surface area (TPSA) is 50.4 Å². The van der Waals surface area contributed by atoms with Crippen molar-refractivity contribution in [2.45, 2.75) is 45.1 Å². The molecule has 0 atom stereocenters. The molecule has 0 bridgehead atoms. The predicted octanol–water partition coefficient (Wildman–Crippen LogP) is 1.35. The van der Waals surface area contributed by atoms with Gasteiger partial charge in [0.1, 0.15) is 6.54 Å². The minimum absolute atomic E-state index is 0.145. The number of esters is 1. The van der Waals surface area contributed by atoms with Gasteiger partial charge in [-0.2, -0.15) is 0 Å². The Morgan fingerprint density at radius 3 is 2.69 bits per heavy atom. The first kappa shape index (κ1) is 13.2. The van der Waals surface area contributed by atoms with Gasteiger partial charge in [0.05, 0.1) is 6.61 Å². The van der Waals surface area contributed by atoms with Gasteiger partial charge in [-0.1, -0.05) is 19.3 Å². The first-order valence-electron chi connectivity index (χ1n) is 5.92. The average molecular weight is 244 g/mol. The number of rotatable bonds is 4. The molecule has 16 heavy (non-hydrogen) atoms. The van der Waals surface area contributed by atoms with Crippen molar-refractivity contribution in [2.75, 3.05) is 13.2 Å². The number of nitrogens with one attached hydrogen (secondary N) is 2. The van der Waals surface area contributed by atoms with Crippen LogP contribution in [0.25, 0.3) is 0 Å². The van der Waals surface area contributed by atoms with E-state index in [-0.39, 0.29) is 12.5 Å². The van der Waals surface area contributed by atoms with Crippen molar-refractivity contribution in [3.63, 3.8) is 0 Å². The van der Waals surface area contributed by atoms with E-state index in [1.54, 1.807) is 6.92 Å². The molecule has 0 aromatic carbocycles. The van der Waals surface area contributed by atoms with E-state index in [0.717, 1.165) is 0 Å². The van der Waals surface area contributed by atoms with Gasteiger partial charge < -0.3 is 15.4 Å². The molecule has 0 aliphatic heterocycles. The smallest absolute Gasteiger partial charge is 0.325 e. The highest BCUT2D eigenvalue weighted by Crippen LogP contribution is 2.17. The second kappa shape index (κ2) is 7.44. The standard InChI is InChI=1S/C11H20N2O2S/c1-2-15-10(14)8-12-11(16)13-9-6-4-3-5-7-9/h9H,2-8H2,1H3,(H2,12,13,16). The Bertz CT molecular complexity index is 240. The molecule has 92 valence electrons. The Labute approximate surface area is 102 Å². The summed E-state index contributed by atoms with van der Waals surface area (Å²) >= 11 is 5.11. The number of ether oxygens (including phenoxy) is 1. The molecule has 1 aliphatic carbocycles. The lowest BCUT2D eigenvalue weighted by Crippen LogP contribution is -2.44. The molecule has 2 N–H and O–H groups in total. The van der Waals surface area contributed by atoms with Crippen LogP contribution in [0.1, 0.15) is 39.0 Å². The fourth-order valence-electron chi connectivity index (χ4n) is 1.85. The Morgan fingerprint density at radius 2 is 2.06 bits per heavy atom. The lowest BCUT2D eigenvalue weighted by atomic mass is 9.96. The third-order valence-electron chi connectivity index (χ3n) is 2.64. The molecule has 1 saturated carbocycles. The Morgan fingerprint density at radius 1 is 1.38 bits per heavy atom. The minimum atomic E-state index is -0.268. The van der Waals surface area contributed by atoms with Gasteiger partial charge in [0.25, 0.3) is 0 Å². The highest BCUT2D eigenvalue weighted by atomic mass is 32.1. The highest BCUT2D eigenvalue weighted by molar-refractivity contribution is 7.80.